The Morgan fingerprint density at radius 2 is 1.38 bits per heavy atom. The van der Waals surface area contributed by atoms with E-state index in [9.17, 15) is 13.2 Å². The summed E-state index contributed by atoms with van der Waals surface area (Å²) in [6.07, 6.45) is 0. The molecule has 21 heavy (non-hydrogen) atoms. The van der Waals surface area contributed by atoms with Crippen LogP contribution in [0.15, 0.2) is 54.6 Å². The van der Waals surface area contributed by atoms with E-state index in [-0.39, 0.29) is 5.82 Å². The van der Waals surface area contributed by atoms with Crippen LogP contribution in [0, 0.1) is 17.5 Å². The zero-order valence-electron chi connectivity index (χ0n) is 11.0. The fourth-order valence-corrected chi connectivity index (χ4v) is 2.44. The smallest absolute Gasteiger partial charge is 0.159 e. The minimum Gasteiger partial charge on any atom is -0.320 e. The molecule has 1 unspecified atom stereocenters. The van der Waals surface area contributed by atoms with Gasteiger partial charge in [-0.25, -0.2) is 13.2 Å². The molecule has 106 valence electrons. The van der Waals surface area contributed by atoms with Gasteiger partial charge in [0.25, 0.3) is 0 Å². The minimum atomic E-state index is -0.950. The van der Waals surface area contributed by atoms with Crippen LogP contribution in [0.25, 0.3) is 10.8 Å². The molecular formula is C17H12F3N. The van der Waals surface area contributed by atoms with E-state index in [1.54, 1.807) is 30.3 Å². The van der Waals surface area contributed by atoms with Gasteiger partial charge in [0.2, 0.25) is 0 Å². The van der Waals surface area contributed by atoms with E-state index in [1.807, 2.05) is 0 Å². The Kier molecular flexibility index (Phi) is 3.39. The molecule has 0 saturated heterocycles. The zero-order valence-corrected chi connectivity index (χ0v) is 11.0. The van der Waals surface area contributed by atoms with E-state index in [1.165, 1.54) is 12.1 Å². The maximum atomic E-state index is 13.8. The Labute approximate surface area is 119 Å². The van der Waals surface area contributed by atoms with Gasteiger partial charge in [-0.05, 0) is 34.7 Å². The van der Waals surface area contributed by atoms with E-state index < -0.39 is 17.7 Å². The van der Waals surface area contributed by atoms with Crippen molar-refractivity contribution in [2.24, 2.45) is 5.73 Å². The largest absolute Gasteiger partial charge is 0.320 e. The van der Waals surface area contributed by atoms with Gasteiger partial charge in [0, 0.05) is 5.39 Å². The second-order valence-electron chi connectivity index (χ2n) is 4.83. The quantitative estimate of drug-likeness (QED) is 0.747. The third kappa shape index (κ3) is 2.38. The van der Waals surface area contributed by atoms with Crippen LogP contribution in [0.1, 0.15) is 17.2 Å². The number of fused-ring (bicyclic) bond motifs is 1. The van der Waals surface area contributed by atoms with Crippen LogP contribution in [0.4, 0.5) is 13.2 Å². The van der Waals surface area contributed by atoms with E-state index >= 15 is 0 Å². The fraction of sp³-hybridized carbons (Fsp3) is 0.0588. The highest BCUT2D eigenvalue weighted by molar-refractivity contribution is 5.87. The lowest BCUT2D eigenvalue weighted by molar-refractivity contribution is 0.506. The SMILES string of the molecule is NC(c1ccc(F)c(F)c1)c1ccc(F)c2ccccc12. The van der Waals surface area contributed by atoms with Crippen LogP contribution in [0.5, 0.6) is 0 Å². The Hall–Kier alpha value is -2.33. The summed E-state index contributed by atoms with van der Waals surface area (Å²) in [5, 5.41) is 1.11. The Morgan fingerprint density at radius 3 is 2.10 bits per heavy atom. The molecule has 1 nitrogen and oxygen atoms in total. The number of nitrogens with two attached hydrogens (primary N) is 1. The third-order valence-electron chi connectivity index (χ3n) is 3.54. The van der Waals surface area contributed by atoms with Gasteiger partial charge in [-0.2, -0.15) is 0 Å². The van der Waals surface area contributed by atoms with Crippen molar-refractivity contribution in [1.29, 1.82) is 0 Å². The lowest BCUT2D eigenvalue weighted by Crippen LogP contribution is -2.13. The molecular weight excluding hydrogens is 275 g/mol. The van der Waals surface area contributed by atoms with Crippen LogP contribution >= 0.6 is 0 Å². The summed E-state index contributed by atoms with van der Waals surface area (Å²) in [5.74, 6) is -2.21. The first-order valence-electron chi connectivity index (χ1n) is 6.45. The standard InChI is InChI=1S/C17H12F3N/c18-14-8-6-13(11-3-1-2-4-12(11)14)17(21)10-5-7-15(19)16(20)9-10/h1-9,17H,21H2. The van der Waals surface area contributed by atoms with Gasteiger partial charge in [0.1, 0.15) is 5.82 Å². The van der Waals surface area contributed by atoms with Gasteiger partial charge in [-0.3, -0.25) is 0 Å². The monoisotopic (exact) mass is 287 g/mol. The third-order valence-corrected chi connectivity index (χ3v) is 3.54. The molecule has 0 aliphatic heterocycles. The predicted molar refractivity (Wildman–Crippen MR) is 76.3 cm³/mol. The Bertz CT molecular complexity index is 814. The molecule has 0 bridgehead atoms. The van der Waals surface area contributed by atoms with Gasteiger partial charge < -0.3 is 5.73 Å². The summed E-state index contributed by atoms with van der Waals surface area (Å²) in [6, 6.07) is 12.7. The van der Waals surface area contributed by atoms with Crippen molar-refractivity contribution < 1.29 is 13.2 Å². The average molecular weight is 287 g/mol. The van der Waals surface area contributed by atoms with Crippen molar-refractivity contribution in [2.45, 2.75) is 6.04 Å². The van der Waals surface area contributed by atoms with E-state index in [0.717, 1.165) is 12.1 Å². The van der Waals surface area contributed by atoms with Gasteiger partial charge >= 0.3 is 0 Å². The maximum absolute atomic E-state index is 13.8. The number of benzene rings is 3. The average Bonchev–Trinajstić information content (AvgIpc) is 2.50. The Morgan fingerprint density at radius 1 is 0.714 bits per heavy atom. The molecule has 0 radical (unpaired) electrons. The van der Waals surface area contributed by atoms with Crippen molar-refractivity contribution in [3.8, 4) is 0 Å². The summed E-state index contributed by atoms with van der Waals surface area (Å²) < 4.78 is 40.1. The lowest BCUT2D eigenvalue weighted by Gasteiger charge is -2.16. The minimum absolute atomic E-state index is 0.341. The van der Waals surface area contributed by atoms with Crippen molar-refractivity contribution in [3.05, 3.63) is 83.2 Å². The van der Waals surface area contributed by atoms with Crippen molar-refractivity contribution >= 4 is 10.8 Å². The summed E-state index contributed by atoms with van der Waals surface area (Å²) in [7, 11) is 0. The van der Waals surface area contributed by atoms with E-state index in [0.29, 0.717) is 21.9 Å². The topological polar surface area (TPSA) is 26.0 Å². The van der Waals surface area contributed by atoms with Crippen LogP contribution < -0.4 is 5.73 Å². The number of hydrogen-bond donors (Lipinski definition) is 1. The Balaban J connectivity index is 2.15. The predicted octanol–water partition coefficient (Wildman–Crippen LogP) is 4.31. The van der Waals surface area contributed by atoms with Gasteiger partial charge in [0.05, 0.1) is 6.04 Å². The fourth-order valence-electron chi connectivity index (χ4n) is 2.44. The van der Waals surface area contributed by atoms with Crippen LogP contribution in [-0.2, 0) is 0 Å². The number of hydrogen-bond acceptors (Lipinski definition) is 1. The molecule has 0 spiro atoms. The molecule has 0 saturated carbocycles. The summed E-state index contributed by atoms with van der Waals surface area (Å²) >= 11 is 0. The first-order chi connectivity index (χ1) is 10.1. The summed E-state index contributed by atoms with van der Waals surface area (Å²) in [5.41, 5.74) is 7.24. The zero-order chi connectivity index (χ0) is 15.0. The molecule has 3 aromatic carbocycles. The molecule has 0 heterocycles. The molecule has 0 aliphatic rings. The highest BCUT2D eigenvalue weighted by Crippen LogP contribution is 2.29. The first-order valence-corrected chi connectivity index (χ1v) is 6.45. The summed E-state index contributed by atoms with van der Waals surface area (Å²) in [4.78, 5) is 0. The number of halogens is 3. The molecule has 0 amide bonds. The van der Waals surface area contributed by atoms with Crippen LogP contribution in [-0.4, -0.2) is 0 Å². The van der Waals surface area contributed by atoms with Gasteiger partial charge in [-0.1, -0.05) is 36.4 Å². The molecule has 3 rings (SSSR count). The second-order valence-corrected chi connectivity index (χ2v) is 4.83. The molecule has 3 aromatic rings. The van der Waals surface area contributed by atoms with Crippen molar-refractivity contribution in [2.75, 3.05) is 0 Å². The van der Waals surface area contributed by atoms with Gasteiger partial charge in [0.15, 0.2) is 11.6 Å². The van der Waals surface area contributed by atoms with Crippen LogP contribution in [0.2, 0.25) is 0 Å². The van der Waals surface area contributed by atoms with Crippen molar-refractivity contribution in [1.82, 2.24) is 0 Å². The molecule has 1 atom stereocenters. The lowest BCUT2D eigenvalue weighted by atomic mass is 9.94. The highest BCUT2D eigenvalue weighted by atomic mass is 19.2. The molecule has 0 aromatic heterocycles. The van der Waals surface area contributed by atoms with E-state index in [4.69, 9.17) is 5.73 Å². The highest BCUT2D eigenvalue weighted by Gasteiger charge is 2.15. The van der Waals surface area contributed by atoms with Crippen molar-refractivity contribution in [3.63, 3.8) is 0 Å². The summed E-state index contributed by atoms with van der Waals surface area (Å²) in [6.45, 7) is 0. The molecule has 0 fully saturated rings. The molecule has 0 aliphatic carbocycles. The molecule has 4 heteroatoms. The second kappa shape index (κ2) is 5.22. The first kappa shape index (κ1) is 13.6. The normalized spacial score (nSPS) is 12.6. The number of rotatable bonds is 2. The van der Waals surface area contributed by atoms with Crippen LogP contribution in [0.3, 0.4) is 0 Å². The maximum Gasteiger partial charge on any atom is 0.159 e. The van der Waals surface area contributed by atoms with Gasteiger partial charge in [-0.15, -0.1) is 0 Å². The van der Waals surface area contributed by atoms with E-state index in [2.05, 4.69) is 0 Å². The molecule has 2 N–H and O–H groups in total.